The molecule has 0 saturated carbocycles. The van der Waals surface area contributed by atoms with Crippen LogP contribution in [0.4, 0.5) is 5.69 Å². The van der Waals surface area contributed by atoms with Gasteiger partial charge in [0.1, 0.15) is 0 Å². The van der Waals surface area contributed by atoms with Crippen LogP contribution >= 0.6 is 31.9 Å². The van der Waals surface area contributed by atoms with Gasteiger partial charge in [-0.3, -0.25) is 0 Å². The molecule has 0 heterocycles. The first-order valence-corrected chi connectivity index (χ1v) is 7.51. The molecule has 0 unspecified atom stereocenters. The Morgan fingerprint density at radius 3 is 2.50 bits per heavy atom. The Morgan fingerprint density at radius 2 is 2.00 bits per heavy atom. The van der Waals surface area contributed by atoms with E-state index in [1.165, 1.54) is 22.1 Å². The van der Waals surface area contributed by atoms with Crippen molar-refractivity contribution >= 4 is 37.5 Å². The molecule has 0 saturated heterocycles. The lowest BCUT2D eigenvalue weighted by molar-refractivity contribution is 0.585. The molecule has 90 valence electrons. The van der Waals surface area contributed by atoms with Gasteiger partial charge in [0.25, 0.3) is 0 Å². The molecule has 3 heteroatoms. The van der Waals surface area contributed by atoms with Crippen LogP contribution in [0, 0.1) is 5.92 Å². The lowest BCUT2D eigenvalue weighted by Crippen LogP contribution is -2.20. The van der Waals surface area contributed by atoms with E-state index in [1.54, 1.807) is 0 Å². The maximum atomic E-state index is 3.63. The number of benzene rings is 1. The molecule has 1 aromatic carbocycles. The van der Waals surface area contributed by atoms with Gasteiger partial charge in [-0.15, -0.1) is 0 Å². The van der Waals surface area contributed by atoms with Crippen LogP contribution in [0.25, 0.3) is 0 Å². The van der Waals surface area contributed by atoms with Crippen molar-refractivity contribution in [2.24, 2.45) is 5.92 Å². The summed E-state index contributed by atoms with van der Waals surface area (Å²) in [6.45, 7) is 5.62. The summed E-state index contributed by atoms with van der Waals surface area (Å²) < 4.78 is 1.18. The molecule has 1 rings (SSSR count). The summed E-state index contributed by atoms with van der Waals surface area (Å²) in [5.41, 5.74) is 2.57. The zero-order chi connectivity index (χ0) is 12.1. The molecular formula is C13H19Br2N. The topological polar surface area (TPSA) is 3.24 Å². The number of hydrogen-bond acceptors (Lipinski definition) is 1. The molecule has 0 aromatic heterocycles. The summed E-state index contributed by atoms with van der Waals surface area (Å²) in [4.78, 5) is 2.31. The second-order valence-corrected chi connectivity index (χ2v) is 5.94. The molecule has 0 N–H and O–H groups in total. The van der Waals surface area contributed by atoms with Gasteiger partial charge in [0.05, 0.1) is 5.69 Å². The molecule has 0 atom stereocenters. The monoisotopic (exact) mass is 347 g/mol. The van der Waals surface area contributed by atoms with Gasteiger partial charge < -0.3 is 4.90 Å². The predicted molar refractivity (Wildman–Crippen MR) is 79.5 cm³/mol. The number of rotatable bonds is 5. The third kappa shape index (κ3) is 4.10. The maximum absolute atomic E-state index is 3.63. The Bertz CT molecular complexity index is 337. The third-order valence-corrected chi connectivity index (χ3v) is 3.90. The standard InChI is InChI=1S/C13H19Br2N/c1-10(2)6-7-16(3)13-5-4-11(9-14)8-12(13)15/h4-5,8,10H,6-7,9H2,1-3H3. The van der Waals surface area contributed by atoms with Crippen molar-refractivity contribution in [2.75, 3.05) is 18.5 Å². The average Bonchev–Trinajstić information content (AvgIpc) is 2.25. The highest BCUT2D eigenvalue weighted by atomic mass is 79.9. The Morgan fingerprint density at radius 1 is 1.31 bits per heavy atom. The van der Waals surface area contributed by atoms with Crippen molar-refractivity contribution in [3.05, 3.63) is 28.2 Å². The van der Waals surface area contributed by atoms with Gasteiger partial charge in [0.15, 0.2) is 0 Å². The van der Waals surface area contributed by atoms with Crippen LogP contribution in [0.2, 0.25) is 0 Å². The van der Waals surface area contributed by atoms with Crippen molar-refractivity contribution < 1.29 is 0 Å². The van der Waals surface area contributed by atoms with E-state index >= 15 is 0 Å². The second kappa shape index (κ2) is 6.65. The minimum absolute atomic E-state index is 0.753. The first-order chi connectivity index (χ1) is 7.54. The summed E-state index contributed by atoms with van der Waals surface area (Å²) in [5.74, 6) is 0.753. The minimum Gasteiger partial charge on any atom is -0.374 e. The lowest BCUT2D eigenvalue weighted by Gasteiger charge is -2.22. The van der Waals surface area contributed by atoms with E-state index in [-0.39, 0.29) is 0 Å². The highest BCUT2D eigenvalue weighted by Crippen LogP contribution is 2.27. The highest BCUT2D eigenvalue weighted by Gasteiger charge is 2.06. The minimum atomic E-state index is 0.753. The third-order valence-electron chi connectivity index (χ3n) is 2.62. The number of halogens is 2. The van der Waals surface area contributed by atoms with E-state index < -0.39 is 0 Å². The summed E-state index contributed by atoms with van der Waals surface area (Å²) in [6.07, 6.45) is 1.23. The molecular weight excluding hydrogens is 330 g/mol. The fraction of sp³-hybridized carbons (Fsp3) is 0.538. The average molecular weight is 349 g/mol. The summed E-state index contributed by atoms with van der Waals surface area (Å²) >= 11 is 7.10. The van der Waals surface area contributed by atoms with Gasteiger partial charge >= 0.3 is 0 Å². The zero-order valence-electron chi connectivity index (χ0n) is 10.1. The van der Waals surface area contributed by atoms with Crippen LogP contribution in [0.3, 0.4) is 0 Å². The number of alkyl halides is 1. The largest absolute Gasteiger partial charge is 0.374 e. The molecule has 0 radical (unpaired) electrons. The Hall–Kier alpha value is -0.0200. The van der Waals surface area contributed by atoms with E-state index in [0.717, 1.165) is 17.8 Å². The van der Waals surface area contributed by atoms with Crippen LogP contribution in [0.15, 0.2) is 22.7 Å². The second-order valence-electron chi connectivity index (χ2n) is 4.52. The molecule has 0 aliphatic rings. The SMILES string of the molecule is CC(C)CCN(C)c1ccc(CBr)cc1Br. The van der Waals surface area contributed by atoms with Crippen LogP contribution in [-0.4, -0.2) is 13.6 Å². The predicted octanol–water partition coefficient (Wildman–Crippen LogP) is 4.83. The lowest BCUT2D eigenvalue weighted by atomic mass is 10.1. The van der Waals surface area contributed by atoms with Crippen molar-refractivity contribution in [1.82, 2.24) is 0 Å². The van der Waals surface area contributed by atoms with Gasteiger partial charge in [-0.2, -0.15) is 0 Å². The van der Waals surface area contributed by atoms with Crippen molar-refractivity contribution in [2.45, 2.75) is 25.6 Å². The maximum Gasteiger partial charge on any atom is 0.0508 e. The number of anilines is 1. The Labute approximate surface area is 115 Å². The van der Waals surface area contributed by atoms with Crippen molar-refractivity contribution in [1.29, 1.82) is 0 Å². The van der Waals surface area contributed by atoms with Crippen LogP contribution in [0.5, 0.6) is 0 Å². The molecule has 1 nitrogen and oxygen atoms in total. The van der Waals surface area contributed by atoms with Crippen molar-refractivity contribution in [3.8, 4) is 0 Å². The summed E-state index contributed by atoms with van der Waals surface area (Å²) in [7, 11) is 2.15. The van der Waals surface area contributed by atoms with E-state index in [1.807, 2.05) is 0 Å². The van der Waals surface area contributed by atoms with Crippen LogP contribution in [-0.2, 0) is 5.33 Å². The van der Waals surface area contributed by atoms with Crippen LogP contribution < -0.4 is 4.90 Å². The van der Waals surface area contributed by atoms with Crippen LogP contribution in [0.1, 0.15) is 25.8 Å². The van der Waals surface area contributed by atoms with Gasteiger partial charge in [0.2, 0.25) is 0 Å². The molecule has 0 bridgehead atoms. The fourth-order valence-corrected chi connectivity index (χ4v) is 2.59. The highest BCUT2D eigenvalue weighted by molar-refractivity contribution is 9.10. The fourth-order valence-electron chi connectivity index (χ4n) is 1.52. The molecule has 16 heavy (non-hydrogen) atoms. The molecule has 0 fully saturated rings. The smallest absolute Gasteiger partial charge is 0.0508 e. The van der Waals surface area contributed by atoms with Crippen molar-refractivity contribution in [3.63, 3.8) is 0 Å². The first-order valence-electron chi connectivity index (χ1n) is 5.60. The molecule has 0 spiro atoms. The first kappa shape index (κ1) is 14.0. The Balaban J connectivity index is 2.71. The molecule has 1 aromatic rings. The van der Waals surface area contributed by atoms with E-state index in [4.69, 9.17) is 0 Å². The van der Waals surface area contributed by atoms with E-state index in [0.29, 0.717) is 0 Å². The van der Waals surface area contributed by atoms with Gasteiger partial charge in [-0.1, -0.05) is 35.8 Å². The molecule has 0 aliphatic heterocycles. The normalized spacial score (nSPS) is 10.9. The summed E-state index contributed by atoms with van der Waals surface area (Å²) in [6, 6.07) is 6.53. The quantitative estimate of drug-likeness (QED) is 0.689. The summed E-state index contributed by atoms with van der Waals surface area (Å²) in [5, 5.41) is 0.904. The van der Waals surface area contributed by atoms with Gasteiger partial charge in [-0.25, -0.2) is 0 Å². The zero-order valence-corrected chi connectivity index (χ0v) is 13.3. The van der Waals surface area contributed by atoms with Gasteiger partial charge in [-0.05, 0) is 46.0 Å². The van der Waals surface area contributed by atoms with E-state index in [9.17, 15) is 0 Å². The van der Waals surface area contributed by atoms with Gasteiger partial charge in [0, 0.05) is 23.4 Å². The number of hydrogen-bond donors (Lipinski definition) is 0. The molecule has 0 aliphatic carbocycles. The van der Waals surface area contributed by atoms with E-state index in [2.05, 4.69) is 75.9 Å². The Kier molecular flexibility index (Phi) is 5.84. The number of nitrogens with zero attached hydrogens (tertiary/aromatic N) is 1. The molecule has 0 amide bonds.